The van der Waals surface area contributed by atoms with E-state index in [9.17, 15) is 9.59 Å². The molecule has 1 aromatic heterocycles. The number of nitrogens with zero attached hydrogens (tertiary/aromatic N) is 2. The zero-order valence-electron chi connectivity index (χ0n) is 15.6. The molecule has 1 fully saturated rings. The Bertz CT molecular complexity index is 886. The molecular weight excluding hydrogens is 364 g/mol. The molecule has 3 rings (SSSR count). The molecule has 0 radical (unpaired) electrons. The summed E-state index contributed by atoms with van der Waals surface area (Å²) in [5.41, 5.74) is 3.60. The Morgan fingerprint density at radius 1 is 1.33 bits per heavy atom. The van der Waals surface area contributed by atoms with Crippen LogP contribution in [0.25, 0.3) is 6.08 Å². The molecule has 0 saturated heterocycles. The lowest BCUT2D eigenvalue weighted by Gasteiger charge is -2.19. The van der Waals surface area contributed by atoms with E-state index >= 15 is 0 Å². The zero-order chi connectivity index (χ0) is 19.4. The molecule has 0 N–H and O–H groups in total. The summed E-state index contributed by atoms with van der Waals surface area (Å²) in [5, 5.41) is 5.25. The predicted octanol–water partition coefficient (Wildman–Crippen LogP) is 4.27. The number of Topliss-reactive ketones (excluding diaryl/α,β-unsaturated/α-hetero) is 1. The average molecular weight is 387 g/mol. The fraction of sp³-hybridized carbons (Fsp3) is 0.381. The molecule has 1 saturated carbocycles. The Balaban J connectivity index is 1.70. The summed E-state index contributed by atoms with van der Waals surface area (Å²) in [6.07, 6.45) is 5.39. The van der Waals surface area contributed by atoms with Crippen molar-refractivity contribution in [1.82, 2.24) is 9.78 Å². The summed E-state index contributed by atoms with van der Waals surface area (Å²) in [6.45, 7) is 4.40. The summed E-state index contributed by atoms with van der Waals surface area (Å²) in [7, 11) is 0. The molecule has 142 valence electrons. The van der Waals surface area contributed by atoms with Crippen molar-refractivity contribution in [3.63, 3.8) is 0 Å². The summed E-state index contributed by atoms with van der Waals surface area (Å²) >= 11 is 6.24. The molecular formula is C21H23ClN2O3. The van der Waals surface area contributed by atoms with Gasteiger partial charge >= 0.3 is 5.97 Å². The summed E-state index contributed by atoms with van der Waals surface area (Å²) in [4.78, 5) is 23.9. The first-order valence-electron chi connectivity index (χ1n) is 9.14. The van der Waals surface area contributed by atoms with Crippen LogP contribution in [0, 0.1) is 13.8 Å². The largest absolute Gasteiger partial charge is 0.451 e. The number of carbonyl (C=O) groups is 2. The first-order chi connectivity index (χ1) is 13.0. The molecule has 1 heterocycles. The topological polar surface area (TPSA) is 61.2 Å². The molecule has 27 heavy (non-hydrogen) atoms. The third-order valence-electron chi connectivity index (χ3n) is 4.86. The number of hydrogen-bond acceptors (Lipinski definition) is 4. The molecule has 1 atom stereocenters. The molecule has 0 aliphatic heterocycles. The van der Waals surface area contributed by atoms with Crippen molar-refractivity contribution in [2.75, 3.05) is 0 Å². The van der Waals surface area contributed by atoms with Crippen molar-refractivity contribution in [2.24, 2.45) is 0 Å². The lowest BCUT2D eigenvalue weighted by atomic mass is 9.96. The maximum absolute atomic E-state index is 12.1. The fourth-order valence-electron chi connectivity index (χ4n) is 3.30. The van der Waals surface area contributed by atoms with E-state index in [4.69, 9.17) is 16.3 Å². The summed E-state index contributed by atoms with van der Waals surface area (Å²) in [5.74, 6) is -0.476. The highest BCUT2D eigenvalue weighted by Gasteiger charge is 2.25. The smallest absolute Gasteiger partial charge is 0.331 e. The van der Waals surface area contributed by atoms with Gasteiger partial charge in [0.1, 0.15) is 0 Å². The van der Waals surface area contributed by atoms with E-state index in [1.165, 1.54) is 6.08 Å². The quantitative estimate of drug-likeness (QED) is 0.568. The standard InChI is InChI=1S/C21H23ClN2O3/c1-14-17(11-12-21(26)27-20-10-6-5-9-19(20)25)15(2)24(23-14)13-16-7-3-4-8-18(16)22/h3-4,7-8,11-12,20H,5-6,9-10,13H2,1-2H3/b12-11+/t20-/m0/s1. The highest BCUT2D eigenvalue weighted by Crippen LogP contribution is 2.21. The minimum atomic E-state index is -0.596. The van der Waals surface area contributed by atoms with Gasteiger partial charge in [-0.1, -0.05) is 29.8 Å². The number of aryl methyl sites for hydroxylation is 1. The van der Waals surface area contributed by atoms with Crippen LogP contribution >= 0.6 is 11.6 Å². The molecule has 2 aromatic rings. The Morgan fingerprint density at radius 3 is 2.85 bits per heavy atom. The Kier molecular flexibility index (Phi) is 6.11. The van der Waals surface area contributed by atoms with Crippen LogP contribution in [0.3, 0.4) is 0 Å². The SMILES string of the molecule is Cc1nn(Cc2ccccc2Cl)c(C)c1/C=C/C(=O)O[C@H]1CCCCC1=O. The van der Waals surface area contributed by atoms with Gasteiger partial charge in [0.2, 0.25) is 0 Å². The molecule has 0 spiro atoms. The number of halogens is 1. The molecule has 1 aliphatic carbocycles. The van der Waals surface area contributed by atoms with E-state index in [0.29, 0.717) is 24.4 Å². The van der Waals surface area contributed by atoms with Gasteiger partial charge in [-0.05, 0) is 50.8 Å². The van der Waals surface area contributed by atoms with Crippen molar-refractivity contribution in [2.45, 2.75) is 52.2 Å². The third kappa shape index (κ3) is 4.66. The van der Waals surface area contributed by atoms with Crippen LogP contribution in [-0.2, 0) is 20.9 Å². The third-order valence-corrected chi connectivity index (χ3v) is 5.23. The summed E-state index contributed by atoms with van der Waals surface area (Å²) in [6, 6.07) is 7.65. The number of benzene rings is 1. The van der Waals surface area contributed by atoms with Gasteiger partial charge in [0, 0.05) is 28.8 Å². The van der Waals surface area contributed by atoms with E-state index in [0.717, 1.165) is 35.4 Å². The van der Waals surface area contributed by atoms with Gasteiger partial charge in [0.15, 0.2) is 11.9 Å². The molecule has 1 aliphatic rings. The molecule has 0 bridgehead atoms. The van der Waals surface area contributed by atoms with E-state index in [1.807, 2.05) is 42.8 Å². The second kappa shape index (κ2) is 8.53. The van der Waals surface area contributed by atoms with Crippen LogP contribution in [0.5, 0.6) is 0 Å². The van der Waals surface area contributed by atoms with Gasteiger partial charge < -0.3 is 4.74 Å². The number of rotatable bonds is 5. The van der Waals surface area contributed by atoms with Crippen LogP contribution in [-0.4, -0.2) is 27.6 Å². The first-order valence-corrected chi connectivity index (χ1v) is 9.52. The highest BCUT2D eigenvalue weighted by molar-refractivity contribution is 6.31. The zero-order valence-corrected chi connectivity index (χ0v) is 16.3. The predicted molar refractivity (Wildman–Crippen MR) is 105 cm³/mol. The maximum atomic E-state index is 12.1. The summed E-state index contributed by atoms with van der Waals surface area (Å²) < 4.78 is 7.17. The minimum absolute atomic E-state index is 0.0166. The second-order valence-electron chi connectivity index (χ2n) is 6.80. The van der Waals surface area contributed by atoms with Crippen LogP contribution in [0.4, 0.5) is 0 Å². The number of ether oxygens (including phenoxy) is 1. The van der Waals surface area contributed by atoms with Crippen molar-refractivity contribution in [3.8, 4) is 0 Å². The number of carbonyl (C=O) groups excluding carboxylic acids is 2. The number of hydrogen-bond donors (Lipinski definition) is 0. The van der Waals surface area contributed by atoms with Crippen LogP contribution in [0.1, 0.15) is 48.2 Å². The van der Waals surface area contributed by atoms with Crippen LogP contribution in [0.15, 0.2) is 30.3 Å². The van der Waals surface area contributed by atoms with Crippen LogP contribution in [0.2, 0.25) is 5.02 Å². The van der Waals surface area contributed by atoms with Gasteiger partial charge in [-0.2, -0.15) is 5.10 Å². The van der Waals surface area contributed by atoms with Gasteiger partial charge in [-0.15, -0.1) is 0 Å². The molecule has 5 nitrogen and oxygen atoms in total. The minimum Gasteiger partial charge on any atom is -0.451 e. The van der Waals surface area contributed by atoms with Crippen molar-refractivity contribution in [1.29, 1.82) is 0 Å². The second-order valence-corrected chi connectivity index (χ2v) is 7.21. The molecule has 0 amide bonds. The van der Waals surface area contributed by atoms with Gasteiger partial charge in [0.05, 0.1) is 12.2 Å². The molecule has 6 heteroatoms. The van der Waals surface area contributed by atoms with Gasteiger partial charge in [-0.3, -0.25) is 9.48 Å². The van der Waals surface area contributed by atoms with E-state index in [-0.39, 0.29) is 5.78 Å². The Hall–Kier alpha value is -2.40. The number of esters is 1. The number of ketones is 1. The first kappa shape index (κ1) is 19.4. The van der Waals surface area contributed by atoms with Crippen molar-refractivity contribution >= 4 is 29.4 Å². The monoisotopic (exact) mass is 386 g/mol. The van der Waals surface area contributed by atoms with Crippen molar-refractivity contribution < 1.29 is 14.3 Å². The van der Waals surface area contributed by atoms with E-state index in [1.54, 1.807) is 6.08 Å². The average Bonchev–Trinajstić information content (AvgIpc) is 2.90. The van der Waals surface area contributed by atoms with Gasteiger partial charge in [0.25, 0.3) is 0 Å². The van der Waals surface area contributed by atoms with Crippen molar-refractivity contribution in [3.05, 3.63) is 57.9 Å². The fourth-order valence-corrected chi connectivity index (χ4v) is 3.50. The highest BCUT2D eigenvalue weighted by atomic mass is 35.5. The lowest BCUT2D eigenvalue weighted by Crippen LogP contribution is -2.29. The van der Waals surface area contributed by atoms with E-state index in [2.05, 4.69) is 5.10 Å². The Morgan fingerprint density at radius 2 is 2.11 bits per heavy atom. The van der Waals surface area contributed by atoms with Gasteiger partial charge in [-0.25, -0.2) is 4.79 Å². The lowest BCUT2D eigenvalue weighted by molar-refractivity contribution is -0.152. The molecule has 1 aromatic carbocycles. The Labute approximate surface area is 164 Å². The molecule has 0 unspecified atom stereocenters. The van der Waals surface area contributed by atoms with Crippen LogP contribution < -0.4 is 0 Å². The maximum Gasteiger partial charge on any atom is 0.331 e. The normalized spacial score (nSPS) is 17.4. The van der Waals surface area contributed by atoms with E-state index < -0.39 is 12.1 Å². The number of aromatic nitrogens is 2.